The molecule has 1 atom stereocenters. The minimum Gasteiger partial charge on any atom is -0.494 e. The predicted octanol–water partition coefficient (Wildman–Crippen LogP) is 4.09. The van der Waals surface area contributed by atoms with E-state index in [9.17, 15) is 14.4 Å². The van der Waals surface area contributed by atoms with Gasteiger partial charge in [-0.15, -0.1) is 0 Å². The van der Waals surface area contributed by atoms with E-state index in [4.69, 9.17) is 14.5 Å². The number of nitrogens with zero attached hydrogens (tertiary/aromatic N) is 2. The smallest absolute Gasteiger partial charge is 0.262 e. The van der Waals surface area contributed by atoms with E-state index < -0.39 is 0 Å². The zero-order valence-electron chi connectivity index (χ0n) is 20.8. The van der Waals surface area contributed by atoms with Crippen molar-refractivity contribution in [1.29, 1.82) is 0 Å². The molecule has 1 aromatic heterocycles. The van der Waals surface area contributed by atoms with Gasteiger partial charge in [-0.3, -0.25) is 19.0 Å². The average molecular weight is 510 g/mol. The van der Waals surface area contributed by atoms with Crippen molar-refractivity contribution in [3.63, 3.8) is 0 Å². The highest BCUT2D eigenvalue weighted by molar-refractivity contribution is 7.99. The molecule has 4 rings (SSSR count). The molecule has 8 nitrogen and oxygen atoms in total. The van der Waals surface area contributed by atoms with Crippen LogP contribution in [-0.4, -0.2) is 52.4 Å². The van der Waals surface area contributed by atoms with Gasteiger partial charge in [0.15, 0.2) is 10.9 Å². The number of thioether (sulfide) groups is 1. The first kappa shape index (κ1) is 25.9. The number of ether oxygens (including phenoxy) is 2. The number of carbonyl (C=O) groups excluding carboxylic acids is 2. The fourth-order valence-corrected chi connectivity index (χ4v) is 4.97. The Bertz CT molecular complexity index is 1300. The Kier molecular flexibility index (Phi) is 8.43. The Morgan fingerprint density at radius 1 is 1.19 bits per heavy atom. The maximum atomic E-state index is 13.5. The van der Waals surface area contributed by atoms with Gasteiger partial charge in [-0.2, -0.15) is 0 Å². The third-order valence-corrected chi connectivity index (χ3v) is 6.81. The molecule has 36 heavy (non-hydrogen) atoms. The van der Waals surface area contributed by atoms with E-state index in [0.717, 1.165) is 12.8 Å². The molecule has 1 unspecified atom stereocenters. The topological polar surface area (TPSA) is 99.5 Å². The number of ketones is 1. The Morgan fingerprint density at radius 3 is 2.61 bits per heavy atom. The van der Waals surface area contributed by atoms with Gasteiger partial charge in [-0.1, -0.05) is 11.8 Å². The molecule has 0 spiro atoms. The number of aromatic nitrogens is 2. The van der Waals surface area contributed by atoms with Gasteiger partial charge < -0.3 is 14.8 Å². The summed E-state index contributed by atoms with van der Waals surface area (Å²) in [6, 6.07) is 11.9. The fourth-order valence-electron chi connectivity index (χ4n) is 4.07. The van der Waals surface area contributed by atoms with Gasteiger partial charge in [0.2, 0.25) is 0 Å². The summed E-state index contributed by atoms with van der Waals surface area (Å²) in [6.07, 6.45) is 1.75. The quantitative estimate of drug-likeness (QED) is 0.250. The number of Topliss-reactive ketones (excluding diaryl/α,β-unsaturated/α-hetero) is 1. The molecule has 0 bridgehead atoms. The van der Waals surface area contributed by atoms with E-state index in [0.29, 0.717) is 52.7 Å². The highest BCUT2D eigenvalue weighted by atomic mass is 32.2. The van der Waals surface area contributed by atoms with Crippen molar-refractivity contribution >= 4 is 34.4 Å². The summed E-state index contributed by atoms with van der Waals surface area (Å²) in [4.78, 5) is 43.6. The molecule has 0 saturated carbocycles. The van der Waals surface area contributed by atoms with Crippen LogP contribution in [0, 0.1) is 0 Å². The Balaban J connectivity index is 1.63. The maximum absolute atomic E-state index is 13.5. The van der Waals surface area contributed by atoms with Crippen LogP contribution in [-0.2, 0) is 11.3 Å². The first-order chi connectivity index (χ1) is 17.4. The normalized spacial score (nSPS) is 15.4. The van der Waals surface area contributed by atoms with Crippen molar-refractivity contribution in [3.05, 3.63) is 63.9 Å². The second kappa shape index (κ2) is 11.7. The van der Waals surface area contributed by atoms with Crippen molar-refractivity contribution in [2.45, 2.75) is 57.5 Å². The molecule has 1 aliphatic rings. The van der Waals surface area contributed by atoms with Crippen LogP contribution in [0.15, 0.2) is 52.4 Å². The molecule has 9 heteroatoms. The summed E-state index contributed by atoms with van der Waals surface area (Å²) in [5.41, 5.74) is 1.21. The summed E-state index contributed by atoms with van der Waals surface area (Å²) in [5, 5.41) is 3.72. The van der Waals surface area contributed by atoms with Crippen molar-refractivity contribution in [2.24, 2.45) is 0 Å². The summed E-state index contributed by atoms with van der Waals surface area (Å²) in [6.45, 7) is 7.28. The zero-order valence-corrected chi connectivity index (χ0v) is 21.6. The predicted molar refractivity (Wildman–Crippen MR) is 140 cm³/mol. The number of hydrogen-bond acceptors (Lipinski definition) is 7. The molecule has 3 aromatic rings. The maximum Gasteiger partial charge on any atom is 0.262 e. The standard InChI is InChI=1S/C27H31N3O5S/c1-4-34-20-10-7-18(8-11-20)24(31)16-36-27-29-23-14-19(25(32)28-17(2)3)9-12-22(23)26(33)30(27)15-21-6-5-13-35-21/h7-12,14,17,21H,4-6,13,15-16H2,1-3H3,(H,28,32). The number of hydrogen-bond donors (Lipinski definition) is 1. The first-order valence-electron chi connectivity index (χ1n) is 12.2. The summed E-state index contributed by atoms with van der Waals surface area (Å²) in [5.74, 6) is 0.522. The van der Waals surface area contributed by atoms with Crippen LogP contribution >= 0.6 is 11.8 Å². The van der Waals surface area contributed by atoms with Crippen LogP contribution in [0.3, 0.4) is 0 Å². The highest BCUT2D eigenvalue weighted by Crippen LogP contribution is 2.23. The van der Waals surface area contributed by atoms with Crippen LogP contribution in [0.5, 0.6) is 5.75 Å². The van der Waals surface area contributed by atoms with Gasteiger partial charge in [0, 0.05) is 23.8 Å². The summed E-state index contributed by atoms with van der Waals surface area (Å²) < 4.78 is 12.8. The molecule has 1 aliphatic heterocycles. The van der Waals surface area contributed by atoms with E-state index in [-0.39, 0.29) is 35.1 Å². The molecule has 0 radical (unpaired) electrons. The molecule has 0 aliphatic carbocycles. The molecule has 190 valence electrons. The number of rotatable bonds is 10. The third kappa shape index (κ3) is 6.14. The van der Waals surface area contributed by atoms with Gasteiger partial charge in [-0.25, -0.2) is 4.98 Å². The Labute approximate surface area is 214 Å². The summed E-state index contributed by atoms with van der Waals surface area (Å²) in [7, 11) is 0. The minimum absolute atomic E-state index is 0.0136. The monoisotopic (exact) mass is 509 g/mol. The number of nitrogens with one attached hydrogen (secondary N) is 1. The van der Waals surface area contributed by atoms with E-state index in [1.807, 2.05) is 20.8 Å². The van der Waals surface area contributed by atoms with Crippen LogP contribution in [0.4, 0.5) is 0 Å². The van der Waals surface area contributed by atoms with Gasteiger partial charge in [-0.05, 0) is 76.1 Å². The average Bonchev–Trinajstić information content (AvgIpc) is 3.38. The number of fused-ring (bicyclic) bond motifs is 1. The molecular weight excluding hydrogens is 478 g/mol. The van der Waals surface area contributed by atoms with Crippen molar-refractivity contribution < 1.29 is 19.1 Å². The molecular formula is C27H31N3O5S. The molecule has 1 N–H and O–H groups in total. The Hall–Kier alpha value is -3.17. The highest BCUT2D eigenvalue weighted by Gasteiger charge is 2.21. The van der Waals surface area contributed by atoms with Crippen molar-refractivity contribution in [3.8, 4) is 5.75 Å². The number of amides is 1. The van der Waals surface area contributed by atoms with Gasteiger partial charge in [0.25, 0.3) is 11.5 Å². The summed E-state index contributed by atoms with van der Waals surface area (Å²) >= 11 is 1.22. The van der Waals surface area contributed by atoms with E-state index >= 15 is 0 Å². The first-order valence-corrected chi connectivity index (χ1v) is 13.2. The van der Waals surface area contributed by atoms with Crippen LogP contribution in [0.2, 0.25) is 0 Å². The fraction of sp³-hybridized carbons (Fsp3) is 0.407. The third-order valence-electron chi connectivity index (χ3n) is 5.83. The van der Waals surface area contributed by atoms with Crippen molar-refractivity contribution in [1.82, 2.24) is 14.9 Å². The lowest BCUT2D eigenvalue weighted by atomic mass is 10.1. The second-order valence-corrected chi connectivity index (χ2v) is 9.92. The number of carbonyl (C=O) groups is 2. The lowest BCUT2D eigenvalue weighted by Gasteiger charge is -2.17. The lowest BCUT2D eigenvalue weighted by Crippen LogP contribution is -2.31. The zero-order chi connectivity index (χ0) is 25.7. The van der Waals surface area contributed by atoms with E-state index in [1.165, 1.54) is 11.8 Å². The Morgan fingerprint density at radius 2 is 1.94 bits per heavy atom. The largest absolute Gasteiger partial charge is 0.494 e. The minimum atomic E-state index is -0.225. The van der Waals surface area contributed by atoms with E-state index in [1.54, 1.807) is 47.0 Å². The molecule has 1 fully saturated rings. The number of benzene rings is 2. The van der Waals surface area contributed by atoms with Crippen LogP contribution < -0.4 is 15.6 Å². The van der Waals surface area contributed by atoms with Crippen LogP contribution in [0.1, 0.15) is 54.3 Å². The molecule has 1 saturated heterocycles. The molecule has 2 aromatic carbocycles. The molecule has 2 heterocycles. The van der Waals surface area contributed by atoms with E-state index in [2.05, 4.69) is 5.32 Å². The second-order valence-electron chi connectivity index (χ2n) is 8.97. The van der Waals surface area contributed by atoms with Gasteiger partial charge >= 0.3 is 0 Å². The van der Waals surface area contributed by atoms with Gasteiger partial charge in [0.1, 0.15) is 5.75 Å². The SMILES string of the molecule is CCOc1ccc(C(=O)CSc2nc3cc(C(=O)NC(C)C)ccc3c(=O)n2CC2CCCO2)cc1. The lowest BCUT2D eigenvalue weighted by molar-refractivity contribution is 0.0936. The van der Waals surface area contributed by atoms with Gasteiger partial charge in [0.05, 0.1) is 35.9 Å². The van der Waals surface area contributed by atoms with Crippen LogP contribution in [0.25, 0.3) is 10.9 Å². The molecule has 1 amide bonds. The van der Waals surface area contributed by atoms with Crippen molar-refractivity contribution in [2.75, 3.05) is 19.0 Å².